The van der Waals surface area contributed by atoms with Crippen LogP contribution in [-0.4, -0.2) is 23.7 Å². The Morgan fingerprint density at radius 2 is 1.82 bits per heavy atom. The Balaban J connectivity index is 1.64. The van der Waals surface area contributed by atoms with Crippen molar-refractivity contribution in [2.24, 2.45) is 11.8 Å². The van der Waals surface area contributed by atoms with Gasteiger partial charge in [0.15, 0.2) is 0 Å². The minimum absolute atomic E-state index is 0.222. The van der Waals surface area contributed by atoms with Gasteiger partial charge in [-0.05, 0) is 49.3 Å². The molecule has 1 amide bonds. The van der Waals surface area contributed by atoms with E-state index in [0.717, 1.165) is 22.9 Å². The maximum Gasteiger partial charge on any atom is 0.407 e. The number of nitrogens with one attached hydrogen (secondary N) is 1. The van der Waals surface area contributed by atoms with Gasteiger partial charge in [-0.25, -0.2) is 4.79 Å². The van der Waals surface area contributed by atoms with Crippen LogP contribution in [0.3, 0.4) is 0 Å². The average Bonchev–Trinajstić information content (AvgIpc) is 2.52. The first kappa shape index (κ1) is 16.8. The summed E-state index contributed by atoms with van der Waals surface area (Å²) < 4.78 is 6.14. The van der Waals surface area contributed by atoms with E-state index in [-0.39, 0.29) is 12.5 Å². The molecule has 1 aromatic carbocycles. The summed E-state index contributed by atoms with van der Waals surface area (Å²) in [7, 11) is 0. The molecule has 1 saturated carbocycles. The highest BCUT2D eigenvalue weighted by molar-refractivity contribution is 9.10. The number of carbonyl (C=O) groups is 2. The Bertz CT molecular complexity index is 509. The molecule has 5 nitrogen and oxygen atoms in total. The molecule has 22 heavy (non-hydrogen) atoms. The lowest BCUT2D eigenvalue weighted by Gasteiger charge is -2.25. The van der Waals surface area contributed by atoms with Crippen molar-refractivity contribution in [2.75, 3.05) is 6.54 Å². The highest BCUT2D eigenvalue weighted by Gasteiger charge is 2.26. The summed E-state index contributed by atoms with van der Waals surface area (Å²) in [6, 6.07) is 7.59. The van der Waals surface area contributed by atoms with Gasteiger partial charge in [0.1, 0.15) is 6.61 Å². The predicted octanol–water partition coefficient (Wildman–Crippen LogP) is 3.57. The van der Waals surface area contributed by atoms with Crippen LogP contribution in [0.15, 0.2) is 28.7 Å². The number of carboxylic acid groups (broad SMARTS) is 1. The number of alkyl carbamates (subject to hydrolysis) is 1. The summed E-state index contributed by atoms with van der Waals surface area (Å²) in [5, 5.41) is 11.7. The first-order valence-corrected chi connectivity index (χ1v) is 8.22. The van der Waals surface area contributed by atoms with E-state index in [1.54, 1.807) is 0 Å². The monoisotopic (exact) mass is 369 g/mol. The van der Waals surface area contributed by atoms with Gasteiger partial charge in [-0.1, -0.05) is 28.1 Å². The van der Waals surface area contributed by atoms with E-state index >= 15 is 0 Å². The molecule has 0 saturated heterocycles. The third-order valence-electron chi connectivity index (χ3n) is 4.01. The molecule has 0 atom stereocenters. The fraction of sp³-hybridized carbons (Fsp3) is 0.500. The summed E-state index contributed by atoms with van der Waals surface area (Å²) in [6.45, 7) is 0.788. The number of aliphatic carboxylic acids is 1. The number of hydrogen-bond acceptors (Lipinski definition) is 3. The van der Waals surface area contributed by atoms with Crippen molar-refractivity contribution < 1.29 is 19.4 Å². The van der Waals surface area contributed by atoms with Gasteiger partial charge in [0.05, 0.1) is 5.92 Å². The van der Waals surface area contributed by atoms with Crippen LogP contribution < -0.4 is 5.32 Å². The van der Waals surface area contributed by atoms with Crippen molar-refractivity contribution in [3.63, 3.8) is 0 Å². The standard InChI is InChI=1S/C16H20BrNO4/c17-14-7-3-12(4-8-14)10-22-16(21)18-9-11-1-5-13(6-2-11)15(19)20/h3-4,7-8,11,13H,1-2,5-6,9-10H2,(H,18,21)(H,19,20)/t11-,13-. The number of hydrogen-bond donors (Lipinski definition) is 2. The molecule has 0 heterocycles. The predicted molar refractivity (Wildman–Crippen MR) is 85.4 cm³/mol. The number of carbonyl (C=O) groups excluding carboxylic acids is 1. The largest absolute Gasteiger partial charge is 0.481 e. The zero-order valence-corrected chi connectivity index (χ0v) is 13.8. The maximum absolute atomic E-state index is 11.7. The van der Waals surface area contributed by atoms with Gasteiger partial charge in [0, 0.05) is 11.0 Å². The number of amides is 1. The summed E-state index contributed by atoms with van der Waals surface area (Å²) in [4.78, 5) is 22.5. The van der Waals surface area contributed by atoms with E-state index in [2.05, 4.69) is 21.2 Å². The first-order chi connectivity index (χ1) is 10.5. The van der Waals surface area contributed by atoms with Crippen LogP contribution in [0.2, 0.25) is 0 Å². The molecule has 1 fully saturated rings. The van der Waals surface area contributed by atoms with Crippen molar-refractivity contribution in [2.45, 2.75) is 32.3 Å². The molecule has 6 heteroatoms. The summed E-state index contributed by atoms with van der Waals surface area (Å²) in [5.74, 6) is -0.586. The smallest absolute Gasteiger partial charge is 0.407 e. The lowest BCUT2D eigenvalue weighted by atomic mass is 9.82. The molecule has 0 aliphatic heterocycles. The molecule has 0 bridgehead atoms. The lowest BCUT2D eigenvalue weighted by molar-refractivity contribution is -0.143. The lowest BCUT2D eigenvalue weighted by Crippen LogP contribution is -2.32. The van der Waals surface area contributed by atoms with Crippen LogP contribution in [0.1, 0.15) is 31.2 Å². The van der Waals surface area contributed by atoms with Crippen LogP contribution >= 0.6 is 15.9 Å². The van der Waals surface area contributed by atoms with Crippen molar-refractivity contribution in [1.82, 2.24) is 5.32 Å². The van der Waals surface area contributed by atoms with Crippen LogP contribution in [0, 0.1) is 11.8 Å². The zero-order valence-electron chi connectivity index (χ0n) is 12.3. The maximum atomic E-state index is 11.7. The Kier molecular flexibility index (Phi) is 6.24. The molecule has 120 valence electrons. The summed E-state index contributed by atoms with van der Waals surface area (Å²) in [5.41, 5.74) is 0.931. The van der Waals surface area contributed by atoms with Gasteiger partial charge in [0.25, 0.3) is 0 Å². The SMILES string of the molecule is O=C(NC[C@H]1CC[C@H](C(=O)O)CC1)OCc1ccc(Br)cc1. The number of benzene rings is 1. The Hall–Kier alpha value is -1.56. The first-order valence-electron chi connectivity index (χ1n) is 7.42. The summed E-state index contributed by atoms with van der Waals surface area (Å²) in [6.07, 6.45) is 2.63. The van der Waals surface area contributed by atoms with Crippen molar-refractivity contribution in [3.05, 3.63) is 34.3 Å². The van der Waals surface area contributed by atoms with E-state index in [0.29, 0.717) is 25.3 Å². The Labute approximate surface area is 138 Å². The number of carboxylic acids is 1. The summed E-state index contributed by atoms with van der Waals surface area (Å²) >= 11 is 3.35. The molecular weight excluding hydrogens is 350 g/mol. The zero-order chi connectivity index (χ0) is 15.9. The van der Waals surface area contributed by atoms with Crippen LogP contribution in [0.4, 0.5) is 4.79 Å². The van der Waals surface area contributed by atoms with Crippen molar-refractivity contribution in [3.8, 4) is 0 Å². The molecule has 0 unspecified atom stereocenters. The Morgan fingerprint density at radius 3 is 2.41 bits per heavy atom. The molecule has 1 aliphatic carbocycles. The molecule has 0 aromatic heterocycles. The van der Waals surface area contributed by atoms with Crippen LogP contribution in [0.25, 0.3) is 0 Å². The third-order valence-corrected chi connectivity index (χ3v) is 4.54. The van der Waals surface area contributed by atoms with Gasteiger partial charge in [-0.3, -0.25) is 4.79 Å². The van der Waals surface area contributed by atoms with E-state index in [9.17, 15) is 9.59 Å². The van der Waals surface area contributed by atoms with E-state index in [4.69, 9.17) is 9.84 Å². The van der Waals surface area contributed by atoms with E-state index in [1.165, 1.54) is 0 Å². The second-order valence-electron chi connectivity index (χ2n) is 5.64. The molecule has 0 radical (unpaired) electrons. The molecular formula is C16H20BrNO4. The van der Waals surface area contributed by atoms with Crippen molar-refractivity contribution >= 4 is 28.0 Å². The fourth-order valence-electron chi connectivity index (χ4n) is 2.62. The van der Waals surface area contributed by atoms with Gasteiger partial charge in [0.2, 0.25) is 0 Å². The normalized spacial score (nSPS) is 21.1. The number of ether oxygens (including phenoxy) is 1. The van der Waals surface area contributed by atoms with Gasteiger partial charge in [-0.2, -0.15) is 0 Å². The van der Waals surface area contributed by atoms with E-state index in [1.807, 2.05) is 24.3 Å². The van der Waals surface area contributed by atoms with Gasteiger partial charge >= 0.3 is 12.1 Å². The quantitative estimate of drug-likeness (QED) is 0.831. The highest BCUT2D eigenvalue weighted by Crippen LogP contribution is 2.28. The number of halogens is 1. The third kappa shape index (κ3) is 5.33. The highest BCUT2D eigenvalue weighted by atomic mass is 79.9. The van der Waals surface area contributed by atoms with Gasteiger partial charge < -0.3 is 15.2 Å². The molecule has 2 N–H and O–H groups in total. The molecule has 1 aromatic rings. The number of rotatable bonds is 5. The topological polar surface area (TPSA) is 75.6 Å². The van der Waals surface area contributed by atoms with E-state index < -0.39 is 12.1 Å². The van der Waals surface area contributed by atoms with Crippen LogP contribution in [-0.2, 0) is 16.1 Å². The Morgan fingerprint density at radius 1 is 1.18 bits per heavy atom. The molecule has 2 rings (SSSR count). The van der Waals surface area contributed by atoms with Crippen molar-refractivity contribution in [1.29, 1.82) is 0 Å². The fourth-order valence-corrected chi connectivity index (χ4v) is 2.89. The minimum atomic E-state index is -0.708. The second-order valence-corrected chi connectivity index (χ2v) is 6.56. The second kappa shape index (κ2) is 8.17. The minimum Gasteiger partial charge on any atom is -0.481 e. The molecule has 1 aliphatic rings. The van der Waals surface area contributed by atoms with Gasteiger partial charge in [-0.15, -0.1) is 0 Å². The molecule has 0 spiro atoms. The van der Waals surface area contributed by atoms with Crippen LogP contribution in [0.5, 0.6) is 0 Å². The average molecular weight is 370 g/mol.